The first-order chi connectivity index (χ1) is 13.0. The van der Waals surface area contributed by atoms with Crippen LogP contribution in [0.2, 0.25) is 0 Å². The topological polar surface area (TPSA) is 88.7 Å². The first-order valence-electron chi connectivity index (χ1n) is 8.79. The van der Waals surface area contributed by atoms with Crippen LogP contribution < -0.4 is 25.4 Å². The lowest BCUT2D eigenvalue weighted by Crippen LogP contribution is -2.39. The number of amides is 3. The molecule has 1 heterocycles. The molecule has 3 rings (SSSR count). The molecule has 0 saturated heterocycles. The molecule has 0 aliphatic carbocycles. The van der Waals surface area contributed by atoms with Gasteiger partial charge in [-0.15, -0.1) is 0 Å². The molecule has 2 aromatic rings. The Balaban J connectivity index is 1.44. The Morgan fingerprint density at radius 1 is 1.00 bits per heavy atom. The molecule has 0 bridgehead atoms. The molecule has 142 valence electrons. The van der Waals surface area contributed by atoms with Gasteiger partial charge in [-0.25, -0.2) is 4.79 Å². The van der Waals surface area contributed by atoms with Gasteiger partial charge in [0.15, 0.2) is 11.5 Å². The van der Waals surface area contributed by atoms with Gasteiger partial charge in [0, 0.05) is 12.2 Å². The summed E-state index contributed by atoms with van der Waals surface area (Å²) in [5.41, 5.74) is 3.74. The lowest BCUT2D eigenvalue weighted by atomic mass is 10.1. The highest BCUT2D eigenvalue weighted by molar-refractivity contribution is 5.95. The molecule has 0 fully saturated rings. The molecule has 1 aliphatic rings. The van der Waals surface area contributed by atoms with Crippen molar-refractivity contribution in [2.45, 2.75) is 20.4 Å². The molecular formula is C20H23N3O4. The zero-order valence-corrected chi connectivity index (χ0v) is 15.4. The van der Waals surface area contributed by atoms with E-state index in [0.29, 0.717) is 31.3 Å². The van der Waals surface area contributed by atoms with E-state index in [2.05, 4.69) is 16.0 Å². The number of urea groups is 1. The second-order valence-electron chi connectivity index (χ2n) is 6.31. The molecule has 7 heteroatoms. The number of hydrogen-bond acceptors (Lipinski definition) is 4. The normalized spacial score (nSPS) is 12.2. The maximum Gasteiger partial charge on any atom is 0.315 e. The summed E-state index contributed by atoms with van der Waals surface area (Å²) in [7, 11) is 0. The molecule has 0 aromatic heterocycles. The van der Waals surface area contributed by atoms with Crippen molar-refractivity contribution in [1.82, 2.24) is 10.6 Å². The van der Waals surface area contributed by atoms with Crippen LogP contribution in [-0.2, 0) is 11.3 Å². The average molecular weight is 369 g/mol. The number of anilines is 1. The van der Waals surface area contributed by atoms with Gasteiger partial charge in [-0.05, 0) is 48.7 Å². The fourth-order valence-electron chi connectivity index (χ4n) is 2.68. The summed E-state index contributed by atoms with van der Waals surface area (Å²) >= 11 is 0. The van der Waals surface area contributed by atoms with Crippen molar-refractivity contribution in [2.75, 3.05) is 25.1 Å². The molecule has 7 nitrogen and oxygen atoms in total. The molecule has 0 spiro atoms. The van der Waals surface area contributed by atoms with Gasteiger partial charge < -0.3 is 25.4 Å². The maximum atomic E-state index is 12.0. The maximum absolute atomic E-state index is 12.0. The monoisotopic (exact) mass is 369 g/mol. The molecular weight excluding hydrogens is 346 g/mol. The molecule has 0 saturated carbocycles. The van der Waals surface area contributed by atoms with E-state index in [1.54, 1.807) is 0 Å². The Morgan fingerprint density at radius 3 is 2.59 bits per heavy atom. The second-order valence-corrected chi connectivity index (χ2v) is 6.31. The first kappa shape index (κ1) is 18.6. The fourth-order valence-corrected chi connectivity index (χ4v) is 2.68. The van der Waals surface area contributed by atoms with Crippen LogP contribution in [-0.4, -0.2) is 31.7 Å². The van der Waals surface area contributed by atoms with Crippen LogP contribution in [0, 0.1) is 13.8 Å². The van der Waals surface area contributed by atoms with Gasteiger partial charge in [-0.3, -0.25) is 4.79 Å². The summed E-state index contributed by atoms with van der Waals surface area (Å²) in [6, 6.07) is 10.8. The number of carbonyl (C=O) groups excluding carboxylic acids is 2. The van der Waals surface area contributed by atoms with E-state index in [1.165, 1.54) is 0 Å². The molecule has 2 aromatic carbocycles. The number of benzene rings is 2. The number of aryl methyl sites for hydroxylation is 1. The summed E-state index contributed by atoms with van der Waals surface area (Å²) in [6.45, 7) is 5.19. The van der Waals surface area contributed by atoms with Crippen LogP contribution in [0.3, 0.4) is 0 Å². The highest BCUT2D eigenvalue weighted by atomic mass is 16.6. The lowest BCUT2D eigenvalue weighted by Gasteiger charge is -2.19. The van der Waals surface area contributed by atoms with Crippen LogP contribution in [0.25, 0.3) is 0 Å². The predicted molar refractivity (Wildman–Crippen MR) is 102 cm³/mol. The predicted octanol–water partition coefficient (Wildman–Crippen LogP) is 2.51. The van der Waals surface area contributed by atoms with Gasteiger partial charge in [-0.2, -0.15) is 0 Å². The van der Waals surface area contributed by atoms with Crippen LogP contribution in [0.5, 0.6) is 11.5 Å². The van der Waals surface area contributed by atoms with E-state index in [1.807, 2.05) is 50.2 Å². The standard InChI is InChI=1S/C20H23N3O4/c1-13-4-3-5-16(14(13)2)23-19(24)12-22-20(25)21-11-15-6-7-17-18(10-15)27-9-8-26-17/h3-7,10H,8-9,11-12H2,1-2H3,(H,23,24)(H2,21,22,25). The van der Waals surface area contributed by atoms with Crippen molar-refractivity contribution in [3.63, 3.8) is 0 Å². The Labute approximate surface area is 158 Å². The van der Waals surface area contributed by atoms with E-state index >= 15 is 0 Å². The van der Waals surface area contributed by atoms with E-state index in [-0.39, 0.29) is 12.5 Å². The van der Waals surface area contributed by atoms with E-state index in [4.69, 9.17) is 9.47 Å². The van der Waals surface area contributed by atoms with Crippen LogP contribution in [0.1, 0.15) is 16.7 Å². The molecule has 3 N–H and O–H groups in total. The van der Waals surface area contributed by atoms with Crippen molar-refractivity contribution >= 4 is 17.6 Å². The third-order valence-corrected chi connectivity index (χ3v) is 4.35. The third kappa shape index (κ3) is 4.91. The summed E-state index contributed by atoms with van der Waals surface area (Å²) < 4.78 is 11.0. The Bertz CT molecular complexity index is 851. The second kappa shape index (κ2) is 8.44. The number of fused-ring (bicyclic) bond motifs is 1. The summed E-state index contributed by atoms with van der Waals surface area (Å²) in [5.74, 6) is 1.10. The largest absolute Gasteiger partial charge is 0.486 e. The van der Waals surface area contributed by atoms with Gasteiger partial charge >= 0.3 is 6.03 Å². The number of carbonyl (C=O) groups is 2. The minimum Gasteiger partial charge on any atom is -0.486 e. The zero-order chi connectivity index (χ0) is 19.2. The van der Waals surface area contributed by atoms with Gasteiger partial charge in [-0.1, -0.05) is 18.2 Å². The number of nitrogens with one attached hydrogen (secondary N) is 3. The van der Waals surface area contributed by atoms with E-state index < -0.39 is 6.03 Å². The molecule has 0 radical (unpaired) electrons. The van der Waals surface area contributed by atoms with Gasteiger partial charge in [0.05, 0.1) is 6.54 Å². The minimum atomic E-state index is -0.416. The van der Waals surface area contributed by atoms with Crippen LogP contribution in [0.4, 0.5) is 10.5 Å². The number of hydrogen-bond donors (Lipinski definition) is 3. The molecule has 1 aliphatic heterocycles. The van der Waals surface area contributed by atoms with Crippen molar-refractivity contribution in [1.29, 1.82) is 0 Å². The van der Waals surface area contributed by atoms with Crippen LogP contribution >= 0.6 is 0 Å². The van der Waals surface area contributed by atoms with Crippen molar-refractivity contribution < 1.29 is 19.1 Å². The Morgan fingerprint density at radius 2 is 1.78 bits per heavy atom. The Hall–Kier alpha value is -3.22. The first-order valence-corrected chi connectivity index (χ1v) is 8.79. The summed E-state index contributed by atoms with van der Waals surface area (Å²) in [4.78, 5) is 24.0. The smallest absolute Gasteiger partial charge is 0.315 e. The number of ether oxygens (including phenoxy) is 2. The van der Waals surface area contributed by atoms with Gasteiger partial charge in [0.2, 0.25) is 5.91 Å². The fraction of sp³-hybridized carbons (Fsp3) is 0.300. The van der Waals surface area contributed by atoms with Crippen molar-refractivity contribution in [3.8, 4) is 11.5 Å². The molecule has 3 amide bonds. The Kier molecular flexibility index (Phi) is 5.80. The third-order valence-electron chi connectivity index (χ3n) is 4.35. The molecule has 0 atom stereocenters. The highest BCUT2D eigenvalue weighted by Crippen LogP contribution is 2.30. The average Bonchev–Trinajstić information content (AvgIpc) is 2.68. The van der Waals surface area contributed by atoms with E-state index in [0.717, 1.165) is 22.4 Å². The van der Waals surface area contributed by atoms with Gasteiger partial charge in [0.1, 0.15) is 13.2 Å². The van der Waals surface area contributed by atoms with Crippen molar-refractivity contribution in [3.05, 3.63) is 53.1 Å². The van der Waals surface area contributed by atoms with Crippen molar-refractivity contribution in [2.24, 2.45) is 0 Å². The molecule has 27 heavy (non-hydrogen) atoms. The highest BCUT2D eigenvalue weighted by Gasteiger charge is 2.12. The SMILES string of the molecule is Cc1cccc(NC(=O)CNC(=O)NCc2ccc3c(c2)OCCO3)c1C. The minimum absolute atomic E-state index is 0.111. The van der Waals surface area contributed by atoms with Crippen LogP contribution in [0.15, 0.2) is 36.4 Å². The van der Waals surface area contributed by atoms with E-state index in [9.17, 15) is 9.59 Å². The summed E-state index contributed by atoms with van der Waals surface area (Å²) in [5, 5.41) is 8.07. The molecule has 0 unspecified atom stereocenters. The summed E-state index contributed by atoms with van der Waals surface area (Å²) in [6.07, 6.45) is 0. The zero-order valence-electron chi connectivity index (χ0n) is 15.4. The number of rotatable bonds is 5. The lowest BCUT2D eigenvalue weighted by molar-refractivity contribution is -0.115. The van der Waals surface area contributed by atoms with Gasteiger partial charge in [0.25, 0.3) is 0 Å². The quantitative estimate of drug-likeness (QED) is 0.756.